The maximum Gasteiger partial charge on any atom is 0.303 e. The van der Waals surface area contributed by atoms with Gasteiger partial charge < -0.3 is 10.0 Å². The molecule has 0 unspecified atom stereocenters. The molecule has 1 aromatic heterocycles. The Morgan fingerprint density at radius 1 is 0.969 bits per heavy atom. The van der Waals surface area contributed by atoms with Crippen LogP contribution in [-0.4, -0.2) is 29.0 Å². The first-order valence-electron chi connectivity index (χ1n) is 10.8. The minimum atomic E-state index is -0.793. The highest BCUT2D eigenvalue weighted by atomic mass is 16.4. The van der Waals surface area contributed by atoms with Crippen molar-refractivity contribution in [1.82, 2.24) is 4.98 Å². The highest BCUT2D eigenvalue weighted by molar-refractivity contribution is 5.94. The van der Waals surface area contributed by atoms with E-state index < -0.39 is 5.97 Å². The summed E-state index contributed by atoms with van der Waals surface area (Å²) in [6.45, 7) is 0. The number of pyridine rings is 1. The monoisotopic (exact) mass is 428 g/mol. The van der Waals surface area contributed by atoms with E-state index in [1.165, 1.54) is 0 Å². The molecule has 5 heteroatoms. The van der Waals surface area contributed by atoms with Crippen molar-refractivity contribution in [2.24, 2.45) is 0 Å². The molecule has 0 aliphatic rings. The molecule has 0 saturated carbocycles. The SMILES string of the molecule is CN(C(=O)CCc1ccccc1)c1cccc(/C(=C/CCCC(=O)O)c2cccnc2)c1. The number of hydrogen-bond donors (Lipinski definition) is 1. The van der Waals surface area contributed by atoms with Gasteiger partial charge in [0.2, 0.25) is 5.91 Å². The number of carboxylic acids is 1. The van der Waals surface area contributed by atoms with Gasteiger partial charge in [0, 0.05) is 43.5 Å². The van der Waals surface area contributed by atoms with Gasteiger partial charge in [-0.3, -0.25) is 14.6 Å². The number of rotatable bonds is 10. The zero-order valence-corrected chi connectivity index (χ0v) is 18.3. The molecule has 0 aliphatic carbocycles. The molecule has 1 amide bonds. The molecular weight excluding hydrogens is 400 g/mol. The van der Waals surface area contributed by atoms with Crippen molar-refractivity contribution in [3.05, 3.63) is 102 Å². The van der Waals surface area contributed by atoms with Crippen molar-refractivity contribution >= 4 is 23.1 Å². The first kappa shape index (κ1) is 22.9. The van der Waals surface area contributed by atoms with Gasteiger partial charge >= 0.3 is 5.97 Å². The number of hydrogen-bond acceptors (Lipinski definition) is 3. The minimum Gasteiger partial charge on any atom is -0.481 e. The predicted octanol–water partition coefficient (Wildman–Crippen LogP) is 5.36. The lowest BCUT2D eigenvalue weighted by molar-refractivity contribution is -0.137. The number of nitrogens with zero attached hydrogens (tertiary/aromatic N) is 2. The number of carbonyl (C=O) groups excluding carboxylic acids is 1. The molecule has 3 aromatic rings. The second-order valence-electron chi connectivity index (χ2n) is 7.63. The quantitative estimate of drug-likeness (QED) is 0.441. The molecule has 32 heavy (non-hydrogen) atoms. The average molecular weight is 429 g/mol. The molecule has 0 atom stereocenters. The first-order valence-corrected chi connectivity index (χ1v) is 10.8. The molecule has 0 fully saturated rings. The van der Waals surface area contributed by atoms with Crippen LogP contribution in [-0.2, 0) is 16.0 Å². The van der Waals surface area contributed by atoms with Crippen molar-refractivity contribution in [3.8, 4) is 0 Å². The Kier molecular flexibility index (Phi) is 8.32. The largest absolute Gasteiger partial charge is 0.481 e. The number of amides is 1. The number of anilines is 1. The fraction of sp³-hybridized carbons (Fsp3) is 0.222. The Bertz CT molecular complexity index is 1060. The lowest BCUT2D eigenvalue weighted by Gasteiger charge is -2.19. The van der Waals surface area contributed by atoms with Crippen molar-refractivity contribution < 1.29 is 14.7 Å². The standard InChI is InChI=1S/C27H28N2O3/c1-29(26(30)17-16-21-9-3-2-4-10-21)24-13-7-11-22(19-24)25(14-5-6-15-27(31)32)23-12-8-18-28-20-23/h2-4,7-14,18-20H,5-6,15-17H2,1H3,(H,31,32)/b25-14-. The maximum atomic E-state index is 12.8. The first-order chi connectivity index (χ1) is 15.5. The molecule has 0 radical (unpaired) electrons. The summed E-state index contributed by atoms with van der Waals surface area (Å²) in [5.41, 5.74) is 4.87. The van der Waals surface area contributed by atoms with E-state index in [4.69, 9.17) is 5.11 Å². The van der Waals surface area contributed by atoms with Gasteiger partial charge in [0.25, 0.3) is 0 Å². The van der Waals surface area contributed by atoms with Crippen LogP contribution in [0, 0.1) is 0 Å². The minimum absolute atomic E-state index is 0.0550. The summed E-state index contributed by atoms with van der Waals surface area (Å²) in [5, 5.41) is 8.91. The van der Waals surface area contributed by atoms with E-state index in [0.717, 1.165) is 28.0 Å². The van der Waals surface area contributed by atoms with Crippen LogP contribution in [0.3, 0.4) is 0 Å². The van der Waals surface area contributed by atoms with E-state index in [0.29, 0.717) is 25.7 Å². The van der Waals surface area contributed by atoms with E-state index in [1.54, 1.807) is 24.3 Å². The summed E-state index contributed by atoms with van der Waals surface area (Å²) in [7, 11) is 1.80. The molecular formula is C27H28N2O3. The van der Waals surface area contributed by atoms with E-state index in [-0.39, 0.29) is 12.3 Å². The van der Waals surface area contributed by atoms with Gasteiger partial charge in [-0.1, -0.05) is 54.6 Å². The second-order valence-corrected chi connectivity index (χ2v) is 7.63. The Hall–Kier alpha value is -3.73. The summed E-state index contributed by atoms with van der Waals surface area (Å²) in [4.78, 5) is 29.6. The van der Waals surface area contributed by atoms with Crippen LogP contribution in [0.15, 0.2) is 85.2 Å². The Labute approximate surface area is 189 Å². The van der Waals surface area contributed by atoms with Crippen molar-refractivity contribution in [2.75, 3.05) is 11.9 Å². The van der Waals surface area contributed by atoms with Crippen LogP contribution in [0.5, 0.6) is 0 Å². The third kappa shape index (κ3) is 6.64. The van der Waals surface area contributed by atoms with Gasteiger partial charge in [0.15, 0.2) is 0 Å². The summed E-state index contributed by atoms with van der Waals surface area (Å²) >= 11 is 0. The fourth-order valence-electron chi connectivity index (χ4n) is 3.51. The lowest BCUT2D eigenvalue weighted by atomic mass is 9.97. The van der Waals surface area contributed by atoms with Gasteiger partial charge in [-0.25, -0.2) is 0 Å². The van der Waals surface area contributed by atoms with Crippen molar-refractivity contribution in [1.29, 1.82) is 0 Å². The maximum absolute atomic E-state index is 12.8. The number of benzene rings is 2. The second kappa shape index (κ2) is 11.6. The molecule has 1 N–H and O–H groups in total. The Balaban J connectivity index is 1.78. The van der Waals surface area contributed by atoms with Crippen molar-refractivity contribution in [2.45, 2.75) is 32.1 Å². The summed E-state index contributed by atoms with van der Waals surface area (Å²) in [5.74, 6) is -0.738. The molecule has 0 saturated heterocycles. The summed E-state index contributed by atoms with van der Waals surface area (Å²) in [6.07, 6.45) is 8.06. The number of unbranched alkanes of at least 4 members (excludes halogenated alkanes) is 1. The number of allylic oxidation sites excluding steroid dienone is 1. The number of aryl methyl sites for hydroxylation is 1. The Morgan fingerprint density at radius 2 is 1.75 bits per heavy atom. The van der Waals surface area contributed by atoms with Crippen LogP contribution in [0.1, 0.15) is 42.4 Å². The van der Waals surface area contributed by atoms with Gasteiger partial charge in [0.1, 0.15) is 0 Å². The zero-order chi connectivity index (χ0) is 22.8. The number of carbonyl (C=O) groups is 2. The molecule has 0 spiro atoms. The molecule has 5 nitrogen and oxygen atoms in total. The lowest BCUT2D eigenvalue weighted by Crippen LogP contribution is -2.26. The van der Waals surface area contributed by atoms with Gasteiger partial charge in [-0.05, 0) is 54.2 Å². The molecule has 0 bridgehead atoms. The van der Waals surface area contributed by atoms with E-state index in [2.05, 4.69) is 11.1 Å². The van der Waals surface area contributed by atoms with Gasteiger partial charge in [-0.15, -0.1) is 0 Å². The van der Waals surface area contributed by atoms with Gasteiger partial charge in [-0.2, -0.15) is 0 Å². The predicted molar refractivity (Wildman–Crippen MR) is 127 cm³/mol. The van der Waals surface area contributed by atoms with Crippen LogP contribution < -0.4 is 4.90 Å². The van der Waals surface area contributed by atoms with Gasteiger partial charge in [0.05, 0.1) is 0 Å². The average Bonchev–Trinajstić information content (AvgIpc) is 2.83. The van der Waals surface area contributed by atoms with Crippen LogP contribution in [0.2, 0.25) is 0 Å². The van der Waals surface area contributed by atoms with E-state index in [1.807, 2.05) is 66.7 Å². The van der Waals surface area contributed by atoms with E-state index >= 15 is 0 Å². The molecule has 3 rings (SSSR count). The highest BCUT2D eigenvalue weighted by Crippen LogP contribution is 2.27. The molecule has 0 aliphatic heterocycles. The highest BCUT2D eigenvalue weighted by Gasteiger charge is 2.13. The molecule has 2 aromatic carbocycles. The summed E-state index contributed by atoms with van der Waals surface area (Å²) < 4.78 is 0. The molecule has 164 valence electrons. The normalized spacial score (nSPS) is 11.2. The number of aromatic nitrogens is 1. The third-order valence-electron chi connectivity index (χ3n) is 5.30. The number of carboxylic acid groups (broad SMARTS) is 1. The van der Waals surface area contributed by atoms with E-state index in [9.17, 15) is 9.59 Å². The van der Waals surface area contributed by atoms with Crippen LogP contribution in [0.25, 0.3) is 5.57 Å². The topological polar surface area (TPSA) is 70.5 Å². The molecule has 1 heterocycles. The Morgan fingerprint density at radius 3 is 2.47 bits per heavy atom. The smallest absolute Gasteiger partial charge is 0.303 e. The van der Waals surface area contributed by atoms with Crippen molar-refractivity contribution in [3.63, 3.8) is 0 Å². The fourth-order valence-corrected chi connectivity index (χ4v) is 3.51. The number of aliphatic carboxylic acids is 1. The third-order valence-corrected chi connectivity index (χ3v) is 5.30. The summed E-state index contributed by atoms with van der Waals surface area (Å²) in [6, 6.07) is 21.7. The van der Waals surface area contributed by atoms with Crippen LogP contribution >= 0.6 is 0 Å². The zero-order valence-electron chi connectivity index (χ0n) is 18.3. The van der Waals surface area contributed by atoms with Crippen LogP contribution in [0.4, 0.5) is 5.69 Å².